The highest BCUT2D eigenvalue weighted by atomic mass is 32.2. The number of Topliss-reactive ketones (excluding diaryl/α,β-unsaturated/α-hetero) is 2. The number of fused-ring (bicyclic) bond motifs is 2. The Morgan fingerprint density at radius 1 is 1.07 bits per heavy atom. The van der Waals surface area contributed by atoms with Crippen LogP contribution in [0.3, 0.4) is 0 Å². The number of benzene rings is 1. The highest BCUT2D eigenvalue weighted by Crippen LogP contribution is 2.76. The lowest BCUT2D eigenvalue weighted by Gasteiger charge is -2.73. The maximum Gasteiger partial charge on any atom is 0.309 e. The summed E-state index contributed by atoms with van der Waals surface area (Å²) >= 11 is 0. The zero-order chi connectivity index (χ0) is 31.4. The molecule has 1 aromatic carbocycles. The first-order valence-electron chi connectivity index (χ1n) is 15.8. The second-order valence-electron chi connectivity index (χ2n) is 14.7. The van der Waals surface area contributed by atoms with Crippen LogP contribution in [0.2, 0.25) is 0 Å². The summed E-state index contributed by atoms with van der Waals surface area (Å²) in [4.78, 5) is 42.1. The van der Waals surface area contributed by atoms with Crippen molar-refractivity contribution in [3.63, 3.8) is 0 Å². The van der Waals surface area contributed by atoms with Crippen LogP contribution in [0.1, 0.15) is 65.2 Å². The van der Waals surface area contributed by atoms with Gasteiger partial charge in [0.05, 0.1) is 22.8 Å². The molecule has 10 nitrogen and oxygen atoms in total. The number of carbonyl (C=O) groups is 3. The SMILES string of the molecule is C=C1C(=O)[C@]23[C@H](OC(=O)C4CCC(NS(=O)(=O)c5ccccc5)CC4)[C@H]1CC[C@H]2[C@@]12CO[C@]3(O)[C@@H](O)[C@@H]1C(C)(C)CCC2=O. The summed E-state index contributed by atoms with van der Waals surface area (Å²) in [5.74, 6) is -5.81. The molecule has 2 heterocycles. The van der Waals surface area contributed by atoms with Crippen molar-refractivity contribution in [1.82, 2.24) is 4.72 Å². The number of aliphatic hydroxyl groups excluding tert-OH is 1. The van der Waals surface area contributed by atoms with E-state index in [-0.39, 0.29) is 35.3 Å². The van der Waals surface area contributed by atoms with Crippen molar-refractivity contribution in [2.24, 2.45) is 39.9 Å². The molecule has 5 aliphatic carbocycles. The lowest BCUT2D eigenvalue weighted by atomic mass is 9.36. The Hall–Kier alpha value is -2.44. The lowest BCUT2D eigenvalue weighted by molar-refractivity contribution is -0.437. The van der Waals surface area contributed by atoms with Gasteiger partial charge in [0.2, 0.25) is 15.8 Å². The maximum absolute atomic E-state index is 14.3. The molecule has 5 saturated carbocycles. The zero-order valence-electron chi connectivity index (χ0n) is 25.2. The first-order chi connectivity index (χ1) is 20.7. The van der Waals surface area contributed by atoms with E-state index in [4.69, 9.17) is 9.47 Å². The Kier molecular flexibility index (Phi) is 6.72. The van der Waals surface area contributed by atoms with Gasteiger partial charge in [-0.2, -0.15) is 0 Å². The van der Waals surface area contributed by atoms with Crippen LogP contribution in [-0.2, 0) is 33.9 Å². The van der Waals surface area contributed by atoms with E-state index in [9.17, 15) is 33.0 Å². The van der Waals surface area contributed by atoms with Crippen LogP contribution in [0.25, 0.3) is 0 Å². The number of nitrogens with one attached hydrogen (secondary N) is 1. The van der Waals surface area contributed by atoms with Gasteiger partial charge in [-0.1, -0.05) is 38.6 Å². The van der Waals surface area contributed by atoms with Gasteiger partial charge in [0, 0.05) is 24.3 Å². The third kappa shape index (κ3) is 3.73. The second kappa shape index (κ2) is 9.78. The Morgan fingerprint density at radius 3 is 2.43 bits per heavy atom. The fraction of sp³-hybridized carbons (Fsp3) is 0.667. The van der Waals surface area contributed by atoms with Gasteiger partial charge in [-0.05, 0) is 74.0 Å². The smallest absolute Gasteiger partial charge is 0.309 e. The molecule has 0 amide bonds. The average Bonchev–Trinajstić information content (AvgIpc) is 3.10. The summed E-state index contributed by atoms with van der Waals surface area (Å²) < 4.78 is 40.6. The van der Waals surface area contributed by atoms with Gasteiger partial charge in [-0.15, -0.1) is 0 Å². The minimum atomic E-state index is -3.70. The maximum atomic E-state index is 14.3. The number of aliphatic hydroxyl groups is 2. The highest BCUT2D eigenvalue weighted by molar-refractivity contribution is 7.89. The van der Waals surface area contributed by atoms with Crippen LogP contribution in [0.5, 0.6) is 0 Å². The molecular formula is C33H41NO9S. The number of esters is 1. The molecule has 44 heavy (non-hydrogen) atoms. The van der Waals surface area contributed by atoms with Crippen molar-refractivity contribution in [1.29, 1.82) is 0 Å². The van der Waals surface area contributed by atoms with Gasteiger partial charge in [0.15, 0.2) is 5.78 Å². The summed E-state index contributed by atoms with van der Waals surface area (Å²) in [5, 5.41) is 24.2. The number of sulfonamides is 1. The van der Waals surface area contributed by atoms with Gasteiger partial charge in [0.25, 0.3) is 0 Å². The van der Waals surface area contributed by atoms with E-state index in [2.05, 4.69) is 11.3 Å². The zero-order valence-corrected chi connectivity index (χ0v) is 26.0. The first kappa shape index (κ1) is 30.2. The van der Waals surface area contributed by atoms with Gasteiger partial charge < -0.3 is 19.7 Å². The fourth-order valence-electron chi connectivity index (χ4n) is 10.3. The first-order valence-corrected chi connectivity index (χ1v) is 17.3. The van der Waals surface area contributed by atoms with Gasteiger partial charge in [-0.25, -0.2) is 13.1 Å². The van der Waals surface area contributed by atoms with E-state index in [1.165, 1.54) is 12.1 Å². The van der Waals surface area contributed by atoms with E-state index < -0.39 is 79.7 Å². The molecule has 238 valence electrons. The van der Waals surface area contributed by atoms with E-state index >= 15 is 0 Å². The molecule has 8 rings (SSSR count). The standard InChI is InChI=1S/C33H41NO9S/c1-18-22-13-14-23-31-17-42-33(39,27(37)25(31)30(2,3)16-15-24(31)35)32(23,26(18)36)28(22)43-29(38)19-9-11-20(12-10-19)34-44(40,41)21-7-5-4-6-8-21/h4-8,19-20,22-23,25,27-28,34,37,39H,1,9-17H2,2-3H3/t19?,20?,22-,23-,25+,27-,28+,31+,32-,33+/m0/s1. The second-order valence-corrected chi connectivity index (χ2v) is 16.4. The summed E-state index contributed by atoms with van der Waals surface area (Å²) in [5.41, 5.74) is -3.27. The minimum absolute atomic E-state index is 0.0721. The third-order valence-corrected chi connectivity index (χ3v) is 13.8. The molecule has 7 aliphatic rings. The van der Waals surface area contributed by atoms with Crippen LogP contribution < -0.4 is 4.72 Å². The van der Waals surface area contributed by atoms with Crippen LogP contribution in [-0.4, -0.2) is 66.8 Å². The monoisotopic (exact) mass is 627 g/mol. The number of rotatable bonds is 5. The van der Waals surface area contributed by atoms with E-state index in [0.29, 0.717) is 44.9 Å². The average molecular weight is 628 g/mol. The van der Waals surface area contributed by atoms with Crippen molar-refractivity contribution < 1.29 is 42.5 Å². The number of hydrogen-bond acceptors (Lipinski definition) is 9. The summed E-state index contributed by atoms with van der Waals surface area (Å²) in [6, 6.07) is 7.78. The van der Waals surface area contributed by atoms with Gasteiger partial charge in [-0.3, -0.25) is 14.4 Å². The molecule has 2 spiro atoms. The van der Waals surface area contributed by atoms with Crippen LogP contribution in [0.15, 0.2) is 47.4 Å². The fourth-order valence-corrected chi connectivity index (χ4v) is 11.6. The molecule has 3 N–H and O–H groups in total. The number of ketones is 2. The van der Waals surface area contributed by atoms with Gasteiger partial charge >= 0.3 is 5.97 Å². The molecule has 11 heteroatoms. The Labute approximate surface area is 257 Å². The van der Waals surface area contributed by atoms with Gasteiger partial charge in [0.1, 0.15) is 23.4 Å². The van der Waals surface area contributed by atoms with Crippen molar-refractivity contribution in [3.8, 4) is 0 Å². The molecule has 2 saturated heterocycles. The quantitative estimate of drug-likeness (QED) is 0.330. The molecule has 0 radical (unpaired) electrons. The minimum Gasteiger partial charge on any atom is -0.460 e. The van der Waals surface area contributed by atoms with Crippen molar-refractivity contribution in [3.05, 3.63) is 42.5 Å². The normalized spacial score (nSPS) is 44.2. The summed E-state index contributed by atoms with van der Waals surface area (Å²) in [6.45, 7) is 7.94. The summed E-state index contributed by atoms with van der Waals surface area (Å²) in [6.07, 6.45) is 0.718. The number of ether oxygens (including phenoxy) is 2. The van der Waals surface area contributed by atoms with E-state index in [1.807, 2.05) is 13.8 Å². The largest absolute Gasteiger partial charge is 0.460 e. The Morgan fingerprint density at radius 2 is 1.75 bits per heavy atom. The molecule has 0 unspecified atom stereocenters. The van der Waals surface area contributed by atoms with Crippen molar-refractivity contribution >= 4 is 27.6 Å². The van der Waals surface area contributed by atoms with Crippen molar-refractivity contribution in [2.75, 3.05) is 6.61 Å². The topological polar surface area (TPSA) is 156 Å². The Balaban J connectivity index is 1.15. The van der Waals surface area contributed by atoms with Crippen LogP contribution in [0.4, 0.5) is 0 Å². The molecule has 4 bridgehead atoms. The predicted octanol–water partition coefficient (Wildman–Crippen LogP) is 2.67. The third-order valence-electron chi connectivity index (χ3n) is 12.3. The molecular weight excluding hydrogens is 586 g/mol. The molecule has 2 aliphatic heterocycles. The molecule has 0 aromatic heterocycles. The molecule has 8 atom stereocenters. The Bertz CT molecular complexity index is 1530. The predicted molar refractivity (Wildman–Crippen MR) is 156 cm³/mol. The summed E-state index contributed by atoms with van der Waals surface area (Å²) in [7, 11) is -3.70. The number of hydrogen-bond donors (Lipinski definition) is 3. The van der Waals surface area contributed by atoms with E-state index in [1.54, 1.807) is 18.2 Å². The highest BCUT2D eigenvalue weighted by Gasteiger charge is 2.88. The van der Waals surface area contributed by atoms with Crippen LogP contribution in [0, 0.1) is 39.9 Å². The number of carbonyl (C=O) groups excluding carboxylic acids is 3. The van der Waals surface area contributed by atoms with E-state index in [0.717, 1.165) is 0 Å². The molecule has 1 aromatic rings. The van der Waals surface area contributed by atoms with Crippen molar-refractivity contribution in [2.45, 2.75) is 94.1 Å². The van der Waals surface area contributed by atoms with Crippen LogP contribution >= 0.6 is 0 Å². The lowest BCUT2D eigenvalue weighted by Crippen LogP contribution is -2.85. The molecule has 7 fully saturated rings.